The topological polar surface area (TPSA) is 76.2 Å². The van der Waals surface area contributed by atoms with Gasteiger partial charge in [0, 0.05) is 29.4 Å². The first-order chi connectivity index (χ1) is 18.4. The lowest BCUT2D eigenvalue weighted by Crippen LogP contribution is -2.50. The van der Waals surface area contributed by atoms with Gasteiger partial charge in [-0.1, -0.05) is 68.1 Å². The zero-order valence-corrected chi connectivity index (χ0v) is 24.0. The van der Waals surface area contributed by atoms with Crippen molar-refractivity contribution in [3.05, 3.63) is 60.2 Å². The van der Waals surface area contributed by atoms with Gasteiger partial charge in [0.15, 0.2) is 0 Å². The molecule has 1 atom stereocenters. The number of imidazole rings is 1. The Morgan fingerprint density at radius 1 is 1.03 bits per heavy atom. The Kier molecular flexibility index (Phi) is 8.17. The minimum Gasteiger partial charge on any atom is -0.319 e. The van der Waals surface area contributed by atoms with Gasteiger partial charge in [0.05, 0.1) is 17.1 Å². The third kappa shape index (κ3) is 5.25. The van der Waals surface area contributed by atoms with Crippen LogP contribution in [0.2, 0.25) is 0 Å². The predicted molar refractivity (Wildman–Crippen MR) is 160 cm³/mol. The normalized spacial score (nSPS) is 20.2. The molecule has 2 fully saturated rings. The number of piperidine rings is 1. The summed E-state index contributed by atoms with van der Waals surface area (Å²) in [7, 11) is 0. The Labute approximate surface area is 231 Å². The number of rotatable bonds is 7. The first-order valence-corrected chi connectivity index (χ1v) is 15.5. The number of amides is 1. The molecule has 6 nitrogen and oxygen atoms in total. The number of nitrogens with zero attached hydrogens (tertiary/aromatic N) is 3. The zero-order chi connectivity index (χ0) is 26.8. The van der Waals surface area contributed by atoms with Crippen LogP contribution in [0.15, 0.2) is 54.6 Å². The Bertz CT molecular complexity index is 1220. The molecule has 1 aliphatic heterocycles. The molecule has 1 saturated heterocycles. The van der Waals surface area contributed by atoms with Crippen LogP contribution in [-0.4, -0.2) is 50.5 Å². The smallest absolute Gasteiger partial charge is 0.245 e. The van der Waals surface area contributed by atoms with Crippen molar-refractivity contribution in [2.24, 2.45) is 5.73 Å². The second-order valence-electron chi connectivity index (χ2n) is 11.6. The first kappa shape index (κ1) is 27.2. The number of fused-ring (bicyclic) bond motifs is 1. The van der Waals surface area contributed by atoms with E-state index in [9.17, 15) is 4.79 Å². The van der Waals surface area contributed by atoms with Gasteiger partial charge in [-0.15, -0.1) is 0 Å². The summed E-state index contributed by atoms with van der Waals surface area (Å²) in [5, 5.41) is 3.11. The molecule has 7 heteroatoms. The minimum atomic E-state index is -0.631. The van der Waals surface area contributed by atoms with Gasteiger partial charge in [-0.3, -0.25) is 15.0 Å². The van der Waals surface area contributed by atoms with Crippen LogP contribution in [-0.2, 0) is 10.3 Å². The number of likely N-dealkylation sites (tertiary alicyclic amines) is 1. The summed E-state index contributed by atoms with van der Waals surface area (Å²) in [6.07, 6.45) is 11.8. The second-order valence-corrected chi connectivity index (χ2v) is 13.1. The summed E-state index contributed by atoms with van der Waals surface area (Å²) >= 11 is 1.61. The highest BCUT2D eigenvalue weighted by Gasteiger charge is 2.41. The van der Waals surface area contributed by atoms with Crippen molar-refractivity contribution in [1.82, 2.24) is 14.5 Å². The van der Waals surface area contributed by atoms with Gasteiger partial charge in [-0.2, -0.15) is 11.8 Å². The van der Waals surface area contributed by atoms with E-state index in [2.05, 4.69) is 57.2 Å². The summed E-state index contributed by atoms with van der Waals surface area (Å²) in [6.45, 7) is 6.10. The Morgan fingerprint density at radius 2 is 1.66 bits per heavy atom. The van der Waals surface area contributed by atoms with Crippen molar-refractivity contribution in [2.45, 2.75) is 87.6 Å². The van der Waals surface area contributed by atoms with Crippen molar-refractivity contribution in [3.63, 3.8) is 0 Å². The van der Waals surface area contributed by atoms with Crippen LogP contribution in [0, 0.1) is 0 Å². The molecule has 3 aromatic rings. The van der Waals surface area contributed by atoms with Crippen molar-refractivity contribution in [1.29, 1.82) is 0 Å². The lowest BCUT2D eigenvalue weighted by atomic mass is 9.79. The number of anilines is 1. The summed E-state index contributed by atoms with van der Waals surface area (Å²) in [6, 6.07) is 19.1. The lowest BCUT2D eigenvalue weighted by Gasteiger charge is -2.48. The summed E-state index contributed by atoms with van der Waals surface area (Å²) in [5.41, 5.74) is 9.98. The van der Waals surface area contributed by atoms with Crippen LogP contribution < -0.4 is 11.1 Å². The molecular formula is C31H43N5OS. The predicted octanol–water partition coefficient (Wildman–Crippen LogP) is 6.33. The average Bonchev–Trinajstić information content (AvgIpc) is 3.12. The summed E-state index contributed by atoms with van der Waals surface area (Å²) in [5.74, 6) is 0.439. The molecule has 0 bridgehead atoms. The quantitative estimate of drug-likeness (QED) is 0.347. The minimum absolute atomic E-state index is 0.132. The van der Waals surface area contributed by atoms with E-state index in [1.807, 2.05) is 32.2 Å². The van der Waals surface area contributed by atoms with Crippen molar-refractivity contribution in [2.75, 3.05) is 24.7 Å². The highest BCUT2D eigenvalue weighted by molar-refractivity contribution is 8.00. The fourth-order valence-electron chi connectivity index (χ4n) is 6.53. The Hall–Kier alpha value is -2.35. The second kappa shape index (κ2) is 11.4. The molecule has 2 heterocycles. The van der Waals surface area contributed by atoms with Crippen molar-refractivity contribution in [3.8, 4) is 0 Å². The number of hydrogen-bond acceptors (Lipinski definition) is 5. The van der Waals surface area contributed by atoms with E-state index in [0.29, 0.717) is 5.95 Å². The Morgan fingerprint density at radius 3 is 2.32 bits per heavy atom. The standard InChI is InChI=1S/C31H43N5OS/c1-30(2,38-3)27(32)28(37)34-29-33-25-15-9-10-16-26(25)36(29)24-17-21-35(22-18-24)31(19-11-4-5-12-20-31)23-13-7-6-8-14-23/h6-10,13-16,24,27H,4-5,11-12,17-22,32H2,1-3H3,(H,33,34,37)/t27-/m0/s1. The van der Waals surface area contributed by atoms with Crippen LogP contribution in [0.5, 0.6) is 0 Å². The third-order valence-corrected chi connectivity index (χ3v) is 10.4. The molecule has 38 heavy (non-hydrogen) atoms. The number of carbonyl (C=O) groups is 1. The monoisotopic (exact) mass is 533 g/mol. The number of carbonyl (C=O) groups excluding carboxylic acids is 1. The SMILES string of the molecule is CSC(C)(C)[C@@H](N)C(=O)Nc1nc2ccccc2n1C1CCN(C2(c3ccccc3)CCCCCC2)CC1. The highest BCUT2D eigenvalue weighted by atomic mass is 32.2. The van der Waals surface area contributed by atoms with Gasteiger partial charge < -0.3 is 10.3 Å². The maximum absolute atomic E-state index is 13.2. The Balaban J connectivity index is 1.40. The van der Waals surface area contributed by atoms with Gasteiger partial charge in [-0.05, 0) is 63.5 Å². The zero-order valence-electron chi connectivity index (χ0n) is 23.2. The third-order valence-electron chi connectivity index (χ3n) is 9.07. The van der Waals surface area contributed by atoms with Crippen LogP contribution in [0.25, 0.3) is 11.0 Å². The van der Waals surface area contributed by atoms with Crippen LogP contribution in [0.3, 0.4) is 0 Å². The highest BCUT2D eigenvalue weighted by Crippen LogP contribution is 2.44. The molecule has 1 aromatic heterocycles. The van der Waals surface area contributed by atoms with Crippen molar-refractivity contribution >= 4 is 34.7 Å². The molecule has 2 aromatic carbocycles. The van der Waals surface area contributed by atoms with Gasteiger partial charge in [0.2, 0.25) is 11.9 Å². The molecule has 3 N–H and O–H groups in total. The number of hydrogen-bond donors (Lipinski definition) is 2. The number of thioether (sulfide) groups is 1. The molecule has 0 radical (unpaired) electrons. The maximum atomic E-state index is 13.2. The first-order valence-electron chi connectivity index (χ1n) is 14.2. The van der Waals surface area contributed by atoms with Gasteiger partial charge >= 0.3 is 0 Å². The number of para-hydroxylation sites is 2. The molecule has 1 saturated carbocycles. The molecule has 1 aliphatic carbocycles. The van der Waals surface area contributed by atoms with Crippen LogP contribution in [0.4, 0.5) is 5.95 Å². The van der Waals surface area contributed by atoms with Crippen LogP contribution >= 0.6 is 11.8 Å². The number of nitrogens with one attached hydrogen (secondary N) is 1. The summed E-state index contributed by atoms with van der Waals surface area (Å²) in [4.78, 5) is 20.8. The number of benzene rings is 2. The fourth-order valence-corrected chi connectivity index (χ4v) is 6.90. The van der Waals surface area contributed by atoms with E-state index in [-0.39, 0.29) is 22.2 Å². The molecule has 0 unspecified atom stereocenters. The number of nitrogens with two attached hydrogens (primary N) is 1. The van der Waals surface area contributed by atoms with Gasteiger partial charge in [0.1, 0.15) is 0 Å². The van der Waals surface area contributed by atoms with E-state index < -0.39 is 6.04 Å². The van der Waals surface area contributed by atoms with E-state index in [1.165, 1.54) is 44.1 Å². The number of aromatic nitrogens is 2. The van der Waals surface area contributed by atoms with E-state index in [0.717, 1.165) is 37.0 Å². The van der Waals surface area contributed by atoms with Gasteiger partial charge in [-0.25, -0.2) is 4.98 Å². The molecule has 2 aliphatic rings. The molecular weight excluding hydrogens is 490 g/mol. The van der Waals surface area contributed by atoms with Crippen LogP contribution in [0.1, 0.15) is 76.8 Å². The van der Waals surface area contributed by atoms with Crippen molar-refractivity contribution < 1.29 is 4.79 Å². The van der Waals surface area contributed by atoms with E-state index in [4.69, 9.17) is 10.7 Å². The lowest BCUT2D eigenvalue weighted by molar-refractivity contribution is -0.117. The molecule has 1 amide bonds. The van der Waals surface area contributed by atoms with E-state index >= 15 is 0 Å². The average molecular weight is 534 g/mol. The van der Waals surface area contributed by atoms with Gasteiger partial charge in [0.25, 0.3) is 0 Å². The summed E-state index contributed by atoms with van der Waals surface area (Å²) < 4.78 is 1.91. The molecule has 204 valence electrons. The fraction of sp³-hybridized carbons (Fsp3) is 0.548. The van der Waals surface area contributed by atoms with E-state index in [1.54, 1.807) is 11.8 Å². The molecule has 5 rings (SSSR count). The molecule has 0 spiro atoms. The maximum Gasteiger partial charge on any atom is 0.245 e. The largest absolute Gasteiger partial charge is 0.319 e.